The van der Waals surface area contributed by atoms with Crippen LogP contribution in [0.25, 0.3) is 0 Å². The Labute approximate surface area is 115 Å². The highest BCUT2D eigenvalue weighted by Gasteiger charge is 2.24. The van der Waals surface area contributed by atoms with Crippen molar-refractivity contribution in [3.63, 3.8) is 0 Å². The van der Waals surface area contributed by atoms with Crippen LogP contribution in [0.4, 0.5) is 0 Å². The van der Waals surface area contributed by atoms with Gasteiger partial charge in [-0.2, -0.15) is 11.8 Å². The molecule has 1 fully saturated rings. The molecule has 0 aromatic carbocycles. The maximum absolute atomic E-state index is 12.1. The monoisotopic (exact) mass is 280 g/mol. The number of carbonyl (C=O) groups excluding carboxylic acids is 1. The zero-order valence-corrected chi connectivity index (χ0v) is 12.5. The van der Waals surface area contributed by atoms with Crippen LogP contribution in [-0.4, -0.2) is 41.4 Å². The van der Waals surface area contributed by atoms with Crippen LogP contribution in [0.5, 0.6) is 0 Å². The lowest BCUT2D eigenvalue weighted by Crippen LogP contribution is -2.45. The van der Waals surface area contributed by atoms with Crippen LogP contribution in [0.2, 0.25) is 0 Å². The van der Waals surface area contributed by atoms with E-state index >= 15 is 0 Å². The number of nitrogens with two attached hydrogens (primary N) is 1. The van der Waals surface area contributed by atoms with Gasteiger partial charge in [-0.25, -0.2) is 0 Å². The third kappa shape index (κ3) is 5.49. The number of amides is 1. The molecule has 0 bridgehead atoms. The zero-order valence-electron chi connectivity index (χ0n) is 10.9. The number of halogens is 1. The topological polar surface area (TPSA) is 46.3 Å². The van der Waals surface area contributed by atoms with Crippen molar-refractivity contribution in [3.05, 3.63) is 0 Å². The lowest BCUT2D eigenvalue weighted by Gasteiger charge is -2.26. The van der Waals surface area contributed by atoms with Gasteiger partial charge in [-0.15, -0.1) is 12.4 Å². The van der Waals surface area contributed by atoms with Crippen molar-refractivity contribution >= 4 is 30.1 Å². The quantitative estimate of drug-likeness (QED) is 0.859. The van der Waals surface area contributed by atoms with Crippen LogP contribution in [0.15, 0.2) is 0 Å². The highest BCUT2D eigenvalue weighted by atomic mass is 35.5. The summed E-state index contributed by atoms with van der Waals surface area (Å²) >= 11 is 1.87. The Morgan fingerprint density at radius 2 is 2.24 bits per heavy atom. The Kier molecular flexibility index (Phi) is 9.10. The molecule has 3 nitrogen and oxygen atoms in total. The Bertz CT molecular complexity index is 229. The fourth-order valence-electron chi connectivity index (χ4n) is 2.16. The summed E-state index contributed by atoms with van der Waals surface area (Å²) in [5, 5.41) is 0.597. The van der Waals surface area contributed by atoms with Crippen LogP contribution in [0, 0.1) is 0 Å². The van der Waals surface area contributed by atoms with Gasteiger partial charge in [-0.05, 0) is 25.5 Å². The summed E-state index contributed by atoms with van der Waals surface area (Å²) < 4.78 is 0. The average Bonchev–Trinajstić information content (AvgIpc) is 2.53. The first kappa shape index (κ1) is 17.1. The molecule has 0 spiro atoms. The van der Waals surface area contributed by atoms with Gasteiger partial charge in [-0.3, -0.25) is 4.79 Å². The molecular formula is C12H25ClN2OS. The average molecular weight is 281 g/mol. The van der Waals surface area contributed by atoms with Gasteiger partial charge in [0.15, 0.2) is 0 Å². The van der Waals surface area contributed by atoms with E-state index in [0.717, 1.165) is 32.4 Å². The zero-order chi connectivity index (χ0) is 12.0. The number of hydrogen-bond donors (Lipinski definition) is 1. The third-order valence-corrected chi connectivity index (χ3v) is 4.24. The largest absolute Gasteiger partial charge is 0.340 e. The van der Waals surface area contributed by atoms with Gasteiger partial charge in [0.2, 0.25) is 5.91 Å². The smallest absolute Gasteiger partial charge is 0.239 e. The van der Waals surface area contributed by atoms with E-state index in [1.54, 1.807) is 0 Å². The molecule has 1 aliphatic heterocycles. The van der Waals surface area contributed by atoms with Gasteiger partial charge < -0.3 is 10.6 Å². The van der Waals surface area contributed by atoms with Gasteiger partial charge in [-0.1, -0.05) is 19.8 Å². The minimum Gasteiger partial charge on any atom is -0.340 e. The van der Waals surface area contributed by atoms with Crippen molar-refractivity contribution in [2.75, 3.05) is 19.3 Å². The van der Waals surface area contributed by atoms with Crippen LogP contribution < -0.4 is 5.73 Å². The van der Waals surface area contributed by atoms with E-state index in [9.17, 15) is 4.79 Å². The van der Waals surface area contributed by atoms with Crippen molar-refractivity contribution in [1.82, 2.24) is 4.90 Å². The Hall–Kier alpha value is 0.0700. The molecule has 2 unspecified atom stereocenters. The lowest BCUT2D eigenvalue weighted by atomic mass is 10.1. The Morgan fingerprint density at radius 1 is 1.53 bits per heavy atom. The molecule has 0 aromatic heterocycles. The summed E-state index contributed by atoms with van der Waals surface area (Å²) in [7, 11) is 0. The highest BCUT2D eigenvalue weighted by Crippen LogP contribution is 2.20. The number of likely N-dealkylation sites (tertiary alicyclic amines) is 1. The molecule has 0 aliphatic carbocycles. The van der Waals surface area contributed by atoms with Crippen LogP contribution in [-0.2, 0) is 4.79 Å². The molecular weight excluding hydrogens is 256 g/mol. The molecule has 1 rings (SSSR count). The predicted octanol–water partition coefficient (Wildman–Crippen LogP) is 2.28. The number of hydrogen-bond acceptors (Lipinski definition) is 3. The number of thioether (sulfide) groups is 1. The molecule has 0 aromatic rings. The van der Waals surface area contributed by atoms with E-state index in [1.165, 1.54) is 12.8 Å². The van der Waals surface area contributed by atoms with Gasteiger partial charge >= 0.3 is 0 Å². The molecule has 1 saturated heterocycles. The lowest BCUT2D eigenvalue weighted by molar-refractivity contribution is -0.132. The van der Waals surface area contributed by atoms with Gasteiger partial charge in [0.05, 0.1) is 6.04 Å². The maximum Gasteiger partial charge on any atom is 0.239 e. The molecule has 1 amide bonds. The van der Waals surface area contributed by atoms with E-state index in [-0.39, 0.29) is 24.4 Å². The molecule has 1 aliphatic rings. The second-order valence-corrected chi connectivity index (χ2v) is 5.67. The summed E-state index contributed by atoms with van der Waals surface area (Å²) in [6, 6.07) is -0.286. The summed E-state index contributed by atoms with van der Waals surface area (Å²) in [5.74, 6) is 0.155. The van der Waals surface area contributed by atoms with Gasteiger partial charge in [0.25, 0.3) is 0 Å². The molecule has 0 saturated carbocycles. The Balaban J connectivity index is 0.00000256. The van der Waals surface area contributed by atoms with Crippen molar-refractivity contribution in [1.29, 1.82) is 0 Å². The Morgan fingerprint density at radius 3 is 2.82 bits per heavy atom. The minimum absolute atomic E-state index is 0. The van der Waals surface area contributed by atoms with E-state index in [1.807, 2.05) is 16.7 Å². The fourth-order valence-corrected chi connectivity index (χ4v) is 2.90. The molecule has 5 heteroatoms. The van der Waals surface area contributed by atoms with Crippen molar-refractivity contribution < 1.29 is 4.79 Å². The standard InChI is InChI=1S/C12H24N2OS.ClH/c1-3-6-11(13)12(15)14-8-5-4-7-10(9-14)16-2;/h10-11H,3-9,13H2,1-2H3;1H. The molecule has 1 heterocycles. The second-order valence-electron chi connectivity index (χ2n) is 4.53. The predicted molar refractivity (Wildman–Crippen MR) is 77.9 cm³/mol. The second kappa shape index (κ2) is 9.06. The number of nitrogens with zero attached hydrogens (tertiary/aromatic N) is 1. The van der Waals surface area contributed by atoms with Crippen LogP contribution >= 0.6 is 24.2 Å². The van der Waals surface area contributed by atoms with Crippen molar-refractivity contribution in [3.8, 4) is 0 Å². The molecule has 102 valence electrons. The number of rotatable bonds is 4. The normalized spacial score (nSPS) is 22.5. The first-order chi connectivity index (χ1) is 7.69. The van der Waals surface area contributed by atoms with E-state index in [2.05, 4.69) is 13.2 Å². The van der Waals surface area contributed by atoms with E-state index in [4.69, 9.17) is 5.73 Å². The van der Waals surface area contributed by atoms with E-state index < -0.39 is 0 Å². The van der Waals surface area contributed by atoms with Gasteiger partial charge in [0.1, 0.15) is 0 Å². The fraction of sp³-hybridized carbons (Fsp3) is 0.917. The summed E-state index contributed by atoms with van der Waals surface area (Å²) in [4.78, 5) is 14.1. The van der Waals surface area contributed by atoms with Crippen molar-refractivity contribution in [2.24, 2.45) is 5.73 Å². The molecule has 0 radical (unpaired) electrons. The van der Waals surface area contributed by atoms with Gasteiger partial charge in [0, 0.05) is 18.3 Å². The van der Waals surface area contributed by atoms with E-state index in [0.29, 0.717) is 5.25 Å². The first-order valence-corrected chi connectivity index (χ1v) is 7.55. The molecule has 17 heavy (non-hydrogen) atoms. The first-order valence-electron chi connectivity index (χ1n) is 6.26. The highest BCUT2D eigenvalue weighted by molar-refractivity contribution is 7.99. The number of carbonyl (C=O) groups is 1. The SMILES string of the molecule is CCCC(N)C(=O)N1CCCCC(SC)C1.Cl. The molecule has 2 atom stereocenters. The van der Waals surface area contributed by atoms with Crippen LogP contribution in [0.3, 0.4) is 0 Å². The summed E-state index contributed by atoms with van der Waals surface area (Å²) in [5.41, 5.74) is 5.90. The third-order valence-electron chi connectivity index (χ3n) is 3.19. The van der Waals surface area contributed by atoms with Crippen molar-refractivity contribution in [2.45, 2.75) is 50.3 Å². The maximum atomic E-state index is 12.1. The minimum atomic E-state index is -0.286. The summed E-state index contributed by atoms with van der Waals surface area (Å²) in [6.07, 6.45) is 7.50. The van der Waals surface area contributed by atoms with Crippen LogP contribution in [0.1, 0.15) is 39.0 Å². The summed E-state index contributed by atoms with van der Waals surface area (Å²) in [6.45, 7) is 3.85. The molecule has 2 N–H and O–H groups in total.